The lowest BCUT2D eigenvalue weighted by molar-refractivity contribution is 0.0600. The molecule has 3 aromatic carbocycles. The predicted molar refractivity (Wildman–Crippen MR) is 138 cm³/mol. The third-order valence-electron chi connectivity index (χ3n) is 6.48. The minimum absolute atomic E-state index is 0.00856. The number of carbonyl (C=O) groups excluding carboxylic acids is 2. The van der Waals surface area contributed by atoms with E-state index in [-0.39, 0.29) is 16.8 Å². The molecule has 3 heterocycles. The van der Waals surface area contributed by atoms with Crippen molar-refractivity contribution < 1.29 is 18.7 Å². The highest BCUT2D eigenvalue weighted by molar-refractivity contribution is 7.22. The molecule has 2 aromatic heterocycles. The minimum Gasteiger partial charge on any atom is -0.465 e. The topological polar surface area (TPSA) is 89.7 Å². The second kappa shape index (κ2) is 8.42. The van der Waals surface area contributed by atoms with Crippen LogP contribution in [0.25, 0.3) is 21.2 Å². The maximum absolute atomic E-state index is 13.8. The summed E-state index contributed by atoms with van der Waals surface area (Å²) < 4.78 is 11.8. The number of anilines is 1. The molecular weight excluding hydrogens is 476 g/mol. The summed E-state index contributed by atoms with van der Waals surface area (Å²) in [6.07, 6.45) is 0.886. The van der Waals surface area contributed by atoms with Crippen molar-refractivity contribution in [3.05, 3.63) is 105 Å². The van der Waals surface area contributed by atoms with Crippen LogP contribution >= 0.6 is 11.3 Å². The number of nitrogens with zero attached hydrogens (tertiary/aromatic N) is 2. The predicted octanol–water partition coefficient (Wildman–Crippen LogP) is 5.50. The first-order chi connectivity index (χ1) is 17.5. The lowest BCUT2D eigenvalue weighted by Gasteiger charge is -2.22. The summed E-state index contributed by atoms with van der Waals surface area (Å²) in [5.74, 6) is -0.886. The van der Waals surface area contributed by atoms with Gasteiger partial charge in [0, 0.05) is 0 Å². The average molecular weight is 497 g/mol. The summed E-state index contributed by atoms with van der Waals surface area (Å²) in [6.45, 7) is 2.08. The molecule has 1 amide bonds. The first-order valence-corrected chi connectivity index (χ1v) is 12.3. The number of hydrogen-bond donors (Lipinski definition) is 0. The number of fused-ring (bicyclic) bond motifs is 3. The van der Waals surface area contributed by atoms with Crippen molar-refractivity contribution in [3.8, 4) is 0 Å². The van der Waals surface area contributed by atoms with Crippen molar-refractivity contribution in [2.75, 3.05) is 12.0 Å². The van der Waals surface area contributed by atoms with Gasteiger partial charge in [0.1, 0.15) is 5.58 Å². The summed E-state index contributed by atoms with van der Waals surface area (Å²) in [6, 6.07) is 18.9. The molecule has 0 radical (unpaired) electrons. The van der Waals surface area contributed by atoms with Gasteiger partial charge in [0.05, 0.1) is 39.9 Å². The zero-order valence-electron chi connectivity index (χ0n) is 19.5. The van der Waals surface area contributed by atoms with Crippen LogP contribution in [0, 0.1) is 0 Å². The molecule has 1 aliphatic heterocycles. The van der Waals surface area contributed by atoms with E-state index in [1.54, 1.807) is 48.5 Å². The lowest BCUT2D eigenvalue weighted by atomic mass is 9.98. The number of methoxy groups -OCH3 is 1. The largest absolute Gasteiger partial charge is 0.465 e. The number of thiazole rings is 1. The van der Waals surface area contributed by atoms with Crippen molar-refractivity contribution in [2.45, 2.75) is 19.4 Å². The molecule has 5 aromatic rings. The number of esters is 1. The average Bonchev–Trinajstić information content (AvgIpc) is 3.46. The Morgan fingerprint density at radius 3 is 2.61 bits per heavy atom. The normalized spacial score (nSPS) is 15.0. The Morgan fingerprint density at radius 2 is 1.86 bits per heavy atom. The Labute approximate surface area is 209 Å². The van der Waals surface area contributed by atoms with Gasteiger partial charge < -0.3 is 9.15 Å². The number of para-hydroxylation sites is 1. The second-order valence-electron chi connectivity index (χ2n) is 8.51. The van der Waals surface area contributed by atoms with Crippen LogP contribution in [0.3, 0.4) is 0 Å². The van der Waals surface area contributed by atoms with Crippen LogP contribution in [0.2, 0.25) is 0 Å². The number of aryl methyl sites for hydroxylation is 1. The maximum atomic E-state index is 13.8. The minimum atomic E-state index is -0.758. The zero-order chi connectivity index (χ0) is 25.0. The first kappa shape index (κ1) is 22.2. The monoisotopic (exact) mass is 496 g/mol. The van der Waals surface area contributed by atoms with Gasteiger partial charge in [-0.3, -0.25) is 14.5 Å². The van der Waals surface area contributed by atoms with Crippen LogP contribution in [-0.2, 0) is 11.2 Å². The molecule has 6 rings (SSSR count). The van der Waals surface area contributed by atoms with Gasteiger partial charge in [0.25, 0.3) is 5.91 Å². The molecule has 0 aliphatic carbocycles. The molecule has 0 unspecified atom stereocenters. The zero-order valence-corrected chi connectivity index (χ0v) is 20.3. The highest BCUT2D eigenvalue weighted by Gasteiger charge is 2.45. The molecule has 1 aliphatic rings. The van der Waals surface area contributed by atoms with Crippen LogP contribution in [0.4, 0.5) is 5.13 Å². The van der Waals surface area contributed by atoms with Gasteiger partial charge in [-0.25, -0.2) is 9.78 Å². The maximum Gasteiger partial charge on any atom is 0.337 e. The summed E-state index contributed by atoms with van der Waals surface area (Å²) in [7, 11) is 1.32. The molecule has 7 nitrogen and oxygen atoms in total. The van der Waals surface area contributed by atoms with E-state index in [0.29, 0.717) is 27.2 Å². The fourth-order valence-electron chi connectivity index (χ4n) is 4.63. The van der Waals surface area contributed by atoms with E-state index in [1.807, 2.05) is 12.1 Å². The van der Waals surface area contributed by atoms with Crippen LogP contribution in [0.15, 0.2) is 75.9 Å². The quantitative estimate of drug-likeness (QED) is 0.305. The number of hydrogen-bond acceptors (Lipinski definition) is 7. The van der Waals surface area contributed by atoms with Gasteiger partial charge in [-0.15, -0.1) is 0 Å². The molecule has 0 spiro atoms. The van der Waals surface area contributed by atoms with Gasteiger partial charge in [0.15, 0.2) is 10.6 Å². The van der Waals surface area contributed by atoms with Crippen molar-refractivity contribution in [3.63, 3.8) is 0 Å². The third kappa shape index (κ3) is 3.33. The van der Waals surface area contributed by atoms with Crippen LogP contribution in [0.1, 0.15) is 50.6 Å². The van der Waals surface area contributed by atoms with E-state index in [2.05, 4.69) is 13.0 Å². The first-order valence-electron chi connectivity index (χ1n) is 11.5. The molecule has 8 heteroatoms. The molecule has 0 bridgehead atoms. The SMILES string of the molecule is CCc1ccc2nc(N3C(=O)c4oc5ccccc5c(=O)c4[C@@H]3c3ccc(C(=O)OC)cc3)sc2c1. The molecule has 0 saturated heterocycles. The highest BCUT2D eigenvalue weighted by Crippen LogP contribution is 2.43. The van der Waals surface area contributed by atoms with Gasteiger partial charge >= 0.3 is 5.97 Å². The fraction of sp³-hybridized carbons (Fsp3) is 0.143. The Hall–Kier alpha value is -4.30. The van der Waals surface area contributed by atoms with Crippen LogP contribution < -0.4 is 10.3 Å². The molecule has 0 saturated carbocycles. The molecule has 36 heavy (non-hydrogen) atoms. The van der Waals surface area contributed by atoms with Gasteiger partial charge in [0.2, 0.25) is 5.76 Å². The molecule has 0 N–H and O–H groups in total. The lowest BCUT2D eigenvalue weighted by Crippen LogP contribution is -2.29. The second-order valence-corrected chi connectivity index (χ2v) is 9.52. The molecular formula is C28H20N2O5S. The van der Waals surface area contributed by atoms with Crippen molar-refractivity contribution >= 4 is 49.5 Å². The number of amides is 1. The van der Waals surface area contributed by atoms with Gasteiger partial charge in [-0.2, -0.15) is 0 Å². The van der Waals surface area contributed by atoms with E-state index >= 15 is 0 Å². The van der Waals surface area contributed by atoms with Crippen LogP contribution in [0.5, 0.6) is 0 Å². The van der Waals surface area contributed by atoms with E-state index in [9.17, 15) is 14.4 Å². The number of aromatic nitrogens is 1. The number of carbonyl (C=O) groups is 2. The summed E-state index contributed by atoms with van der Waals surface area (Å²) in [4.78, 5) is 45.7. The molecule has 1 atom stereocenters. The molecule has 0 fully saturated rings. The third-order valence-corrected chi connectivity index (χ3v) is 7.50. The van der Waals surface area contributed by atoms with Gasteiger partial charge in [-0.1, -0.05) is 48.6 Å². The number of ether oxygens (including phenoxy) is 1. The summed E-state index contributed by atoms with van der Waals surface area (Å²) >= 11 is 1.39. The summed E-state index contributed by atoms with van der Waals surface area (Å²) in [5.41, 5.74) is 3.33. The van der Waals surface area contributed by atoms with E-state index in [4.69, 9.17) is 14.1 Å². The van der Waals surface area contributed by atoms with E-state index in [1.165, 1.54) is 28.9 Å². The standard InChI is InChI=1S/C28H20N2O5S/c1-3-15-8-13-19-21(14-15)36-28(29-19)30-23(16-9-11-17(12-10-16)27(33)34-2)22-24(31)18-6-4-5-7-20(18)35-25(22)26(30)32/h4-14,23H,3H2,1-2H3/t23-/m0/s1. The number of rotatable bonds is 4. The van der Waals surface area contributed by atoms with Crippen molar-refractivity contribution in [1.82, 2.24) is 4.98 Å². The Bertz CT molecular complexity index is 1740. The van der Waals surface area contributed by atoms with Crippen molar-refractivity contribution in [1.29, 1.82) is 0 Å². The Kier molecular flexibility index (Phi) is 5.19. The smallest absolute Gasteiger partial charge is 0.337 e. The van der Waals surface area contributed by atoms with Crippen LogP contribution in [-0.4, -0.2) is 24.0 Å². The van der Waals surface area contributed by atoms with Crippen molar-refractivity contribution in [2.24, 2.45) is 0 Å². The Balaban J connectivity index is 1.58. The van der Waals surface area contributed by atoms with E-state index < -0.39 is 17.9 Å². The number of benzene rings is 3. The molecule has 178 valence electrons. The Morgan fingerprint density at radius 1 is 1.08 bits per heavy atom. The highest BCUT2D eigenvalue weighted by atomic mass is 32.1. The summed E-state index contributed by atoms with van der Waals surface area (Å²) in [5, 5.41) is 0.874. The van der Waals surface area contributed by atoms with Gasteiger partial charge in [-0.05, 0) is 53.9 Å². The van der Waals surface area contributed by atoms with E-state index in [0.717, 1.165) is 16.6 Å². The fourth-order valence-corrected chi connectivity index (χ4v) is 5.69.